The number of nitrogens with zero attached hydrogens (tertiary/aromatic N) is 3. The zero-order valence-electron chi connectivity index (χ0n) is 17.1. The topological polar surface area (TPSA) is 63.3 Å². The van der Waals surface area contributed by atoms with Crippen LogP contribution in [0, 0.1) is 13.8 Å². The molecule has 152 valence electrons. The largest absolute Gasteiger partial charge is 0.468 e. The van der Waals surface area contributed by atoms with Crippen LogP contribution in [0.4, 0.5) is 0 Å². The van der Waals surface area contributed by atoms with E-state index in [9.17, 15) is 4.79 Å². The van der Waals surface area contributed by atoms with Crippen molar-refractivity contribution in [3.63, 3.8) is 0 Å². The first kappa shape index (κ1) is 19.5. The zero-order valence-corrected chi connectivity index (χ0v) is 17.1. The number of hydrogen-bond donors (Lipinski definition) is 1. The van der Waals surface area contributed by atoms with Crippen molar-refractivity contribution in [1.29, 1.82) is 0 Å². The average molecular weight is 393 g/mol. The molecule has 1 aromatic carbocycles. The molecule has 1 aliphatic heterocycles. The van der Waals surface area contributed by atoms with Crippen LogP contribution in [0.2, 0.25) is 0 Å². The minimum absolute atomic E-state index is 0.0708. The summed E-state index contributed by atoms with van der Waals surface area (Å²) in [6.07, 6.45) is 5.36. The van der Waals surface area contributed by atoms with E-state index in [0.29, 0.717) is 12.1 Å². The first-order valence-corrected chi connectivity index (χ1v) is 10.3. The highest BCUT2D eigenvalue weighted by Gasteiger charge is 2.25. The van der Waals surface area contributed by atoms with E-state index in [4.69, 9.17) is 4.42 Å². The SMILES string of the molecule is Cc1cc(C)n(-c2ccc(C(=O)NCC(c3ccco3)N3CCCCC3)cc2)n1. The van der Waals surface area contributed by atoms with Crippen molar-refractivity contribution in [3.8, 4) is 5.69 Å². The van der Waals surface area contributed by atoms with E-state index in [1.165, 1.54) is 19.3 Å². The Labute approximate surface area is 171 Å². The first-order valence-electron chi connectivity index (χ1n) is 10.3. The quantitative estimate of drug-likeness (QED) is 0.688. The van der Waals surface area contributed by atoms with Crippen LogP contribution in [0.25, 0.3) is 5.69 Å². The van der Waals surface area contributed by atoms with Crippen LogP contribution in [0.1, 0.15) is 52.8 Å². The lowest BCUT2D eigenvalue weighted by atomic mass is 10.1. The summed E-state index contributed by atoms with van der Waals surface area (Å²) < 4.78 is 7.55. The number of aromatic nitrogens is 2. The fourth-order valence-electron chi connectivity index (χ4n) is 4.06. The molecule has 4 rings (SSSR count). The summed E-state index contributed by atoms with van der Waals surface area (Å²) in [7, 11) is 0. The lowest BCUT2D eigenvalue weighted by Crippen LogP contribution is -2.40. The summed E-state index contributed by atoms with van der Waals surface area (Å²) in [5.41, 5.74) is 3.65. The van der Waals surface area contributed by atoms with Gasteiger partial charge in [0.15, 0.2) is 0 Å². The molecule has 1 fully saturated rings. The molecule has 1 amide bonds. The van der Waals surface area contributed by atoms with Crippen molar-refractivity contribution in [2.75, 3.05) is 19.6 Å². The summed E-state index contributed by atoms with van der Waals surface area (Å²) in [6, 6.07) is 13.6. The number of benzene rings is 1. The predicted octanol–water partition coefficient (Wildman–Crippen LogP) is 4.04. The molecule has 6 nitrogen and oxygen atoms in total. The van der Waals surface area contributed by atoms with Crippen molar-refractivity contribution < 1.29 is 9.21 Å². The maximum atomic E-state index is 12.7. The van der Waals surface area contributed by atoms with Gasteiger partial charge in [0, 0.05) is 17.8 Å². The highest BCUT2D eigenvalue weighted by Crippen LogP contribution is 2.24. The van der Waals surface area contributed by atoms with E-state index in [0.717, 1.165) is 35.9 Å². The molecular weight excluding hydrogens is 364 g/mol. The smallest absolute Gasteiger partial charge is 0.251 e. The van der Waals surface area contributed by atoms with E-state index < -0.39 is 0 Å². The second-order valence-electron chi connectivity index (χ2n) is 7.72. The molecule has 29 heavy (non-hydrogen) atoms. The zero-order chi connectivity index (χ0) is 20.2. The molecule has 1 atom stereocenters. The summed E-state index contributed by atoms with van der Waals surface area (Å²) in [6.45, 7) is 6.61. The number of furan rings is 1. The molecule has 1 aliphatic rings. The number of piperidine rings is 1. The minimum Gasteiger partial charge on any atom is -0.468 e. The molecule has 0 aliphatic carbocycles. The Morgan fingerprint density at radius 3 is 2.52 bits per heavy atom. The molecular formula is C23H28N4O2. The third-order valence-electron chi connectivity index (χ3n) is 5.54. The number of carbonyl (C=O) groups excluding carboxylic acids is 1. The van der Waals surface area contributed by atoms with Gasteiger partial charge in [-0.1, -0.05) is 6.42 Å². The maximum Gasteiger partial charge on any atom is 0.251 e. The van der Waals surface area contributed by atoms with Crippen LogP contribution < -0.4 is 5.32 Å². The fraction of sp³-hybridized carbons (Fsp3) is 0.391. The Kier molecular flexibility index (Phi) is 5.81. The van der Waals surface area contributed by atoms with E-state index in [1.807, 2.05) is 61.0 Å². The summed E-state index contributed by atoms with van der Waals surface area (Å²) in [5.74, 6) is 0.838. The summed E-state index contributed by atoms with van der Waals surface area (Å²) in [5, 5.41) is 7.59. The van der Waals surface area contributed by atoms with E-state index in [-0.39, 0.29) is 11.9 Å². The number of carbonyl (C=O) groups is 1. The van der Waals surface area contributed by atoms with Crippen molar-refractivity contribution in [2.45, 2.75) is 39.2 Å². The third-order valence-corrected chi connectivity index (χ3v) is 5.54. The van der Waals surface area contributed by atoms with Gasteiger partial charge >= 0.3 is 0 Å². The van der Waals surface area contributed by atoms with Crippen molar-refractivity contribution in [1.82, 2.24) is 20.0 Å². The number of likely N-dealkylation sites (tertiary alicyclic amines) is 1. The molecule has 6 heteroatoms. The van der Waals surface area contributed by atoms with Crippen LogP contribution >= 0.6 is 0 Å². The second-order valence-corrected chi connectivity index (χ2v) is 7.72. The highest BCUT2D eigenvalue weighted by atomic mass is 16.3. The lowest BCUT2D eigenvalue weighted by Gasteiger charge is -2.33. The molecule has 1 N–H and O–H groups in total. The Morgan fingerprint density at radius 2 is 1.90 bits per heavy atom. The van der Waals surface area contributed by atoms with Crippen LogP contribution in [0.15, 0.2) is 53.1 Å². The number of aryl methyl sites for hydroxylation is 2. The van der Waals surface area contributed by atoms with E-state index >= 15 is 0 Å². The molecule has 0 saturated carbocycles. The molecule has 0 radical (unpaired) electrons. The van der Waals surface area contributed by atoms with E-state index in [2.05, 4.69) is 15.3 Å². The maximum absolute atomic E-state index is 12.7. The van der Waals surface area contributed by atoms with Gasteiger partial charge in [0.25, 0.3) is 5.91 Å². The molecule has 3 aromatic rings. The molecule has 0 spiro atoms. The Morgan fingerprint density at radius 1 is 1.14 bits per heavy atom. The van der Waals surface area contributed by atoms with Crippen LogP contribution in [-0.2, 0) is 0 Å². The van der Waals surface area contributed by atoms with Gasteiger partial charge in [0.2, 0.25) is 0 Å². The molecule has 3 heterocycles. The van der Waals surface area contributed by atoms with Crippen LogP contribution in [-0.4, -0.2) is 40.2 Å². The number of amides is 1. The van der Waals surface area contributed by atoms with Gasteiger partial charge in [-0.15, -0.1) is 0 Å². The van der Waals surface area contributed by atoms with Gasteiger partial charge in [0.1, 0.15) is 5.76 Å². The van der Waals surface area contributed by atoms with Gasteiger partial charge in [0.05, 0.1) is 23.7 Å². The average Bonchev–Trinajstić information content (AvgIpc) is 3.38. The van der Waals surface area contributed by atoms with E-state index in [1.54, 1.807) is 6.26 Å². The molecule has 0 bridgehead atoms. The second kappa shape index (κ2) is 8.66. The Balaban J connectivity index is 1.43. The minimum atomic E-state index is -0.0708. The van der Waals surface area contributed by atoms with Crippen LogP contribution in [0.3, 0.4) is 0 Å². The Bertz CT molecular complexity index is 938. The van der Waals surface area contributed by atoms with Gasteiger partial charge < -0.3 is 9.73 Å². The Hall–Kier alpha value is -2.86. The van der Waals surface area contributed by atoms with Crippen molar-refractivity contribution >= 4 is 5.91 Å². The monoisotopic (exact) mass is 392 g/mol. The number of hydrogen-bond acceptors (Lipinski definition) is 4. The predicted molar refractivity (Wildman–Crippen MR) is 112 cm³/mol. The normalized spacial score (nSPS) is 15.9. The molecule has 1 saturated heterocycles. The molecule has 1 unspecified atom stereocenters. The third kappa shape index (κ3) is 4.43. The van der Waals surface area contributed by atoms with Gasteiger partial charge in [-0.05, 0) is 82.2 Å². The first-order chi connectivity index (χ1) is 14.1. The summed E-state index contributed by atoms with van der Waals surface area (Å²) in [4.78, 5) is 15.1. The number of rotatable bonds is 6. The van der Waals surface area contributed by atoms with Crippen molar-refractivity contribution in [2.24, 2.45) is 0 Å². The van der Waals surface area contributed by atoms with Gasteiger partial charge in [-0.2, -0.15) is 5.10 Å². The number of nitrogens with one attached hydrogen (secondary N) is 1. The van der Waals surface area contributed by atoms with Crippen molar-refractivity contribution in [3.05, 3.63) is 71.4 Å². The van der Waals surface area contributed by atoms with Gasteiger partial charge in [-0.25, -0.2) is 4.68 Å². The standard InChI is InChI=1S/C23H28N4O2/c1-17-15-18(2)27(25-17)20-10-8-19(9-11-20)23(28)24-16-21(22-7-6-14-29-22)26-12-4-3-5-13-26/h6-11,14-15,21H,3-5,12-13,16H2,1-2H3,(H,24,28). The van der Waals surface area contributed by atoms with Gasteiger partial charge in [-0.3, -0.25) is 9.69 Å². The fourth-order valence-corrected chi connectivity index (χ4v) is 4.06. The highest BCUT2D eigenvalue weighted by molar-refractivity contribution is 5.94. The lowest BCUT2D eigenvalue weighted by molar-refractivity contribution is 0.0914. The van der Waals surface area contributed by atoms with Crippen LogP contribution in [0.5, 0.6) is 0 Å². The molecule has 2 aromatic heterocycles. The summed E-state index contributed by atoms with van der Waals surface area (Å²) >= 11 is 0.